The molecule has 4 heteroatoms. The Labute approximate surface area is 68.0 Å². The maximum atomic E-state index is 10.6. The van der Waals surface area contributed by atoms with E-state index in [9.17, 15) is 4.79 Å². The molecule has 0 aromatic carbocycles. The molecular formula is C5H10INO2. The minimum atomic E-state index is -0.842. The molecule has 0 heterocycles. The van der Waals surface area contributed by atoms with Gasteiger partial charge in [-0.2, -0.15) is 0 Å². The normalized spacial score (nSPS) is 12.8. The number of carbonyl (C=O) groups excluding carboxylic acids is 1. The molecule has 0 aliphatic carbocycles. The number of likely N-dealkylation sites (N-methyl/N-ethyl adjacent to an activating group) is 1. The van der Waals surface area contributed by atoms with Gasteiger partial charge < -0.3 is 10.4 Å². The van der Waals surface area contributed by atoms with Gasteiger partial charge in [-0.1, -0.05) is 22.6 Å². The van der Waals surface area contributed by atoms with Crippen LogP contribution in [0.25, 0.3) is 0 Å². The van der Waals surface area contributed by atoms with Gasteiger partial charge in [-0.25, -0.2) is 0 Å². The predicted molar refractivity (Wildman–Crippen MR) is 43.6 cm³/mol. The molecule has 0 saturated heterocycles. The summed E-state index contributed by atoms with van der Waals surface area (Å²) in [4.78, 5) is 10.6. The second kappa shape index (κ2) is 4.99. The zero-order chi connectivity index (χ0) is 7.28. The Balaban J connectivity index is 3.46. The lowest BCUT2D eigenvalue weighted by Crippen LogP contribution is -2.35. The van der Waals surface area contributed by atoms with Gasteiger partial charge in [0.25, 0.3) is 0 Å². The highest BCUT2D eigenvalue weighted by molar-refractivity contribution is 14.1. The molecule has 1 unspecified atom stereocenters. The first-order valence-electron chi connectivity index (χ1n) is 2.74. The van der Waals surface area contributed by atoms with E-state index in [0.717, 1.165) is 0 Å². The lowest BCUT2D eigenvalue weighted by molar-refractivity contribution is -0.127. The monoisotopic (exact) mass is 243 g/mol. The largest absolute Gasteiger partial charge is 0.382 e. The van der Waals surface area contributed by atoms with Crippen molar-refractivity contribution in [3.05, 3.63) is 0 Å². The molecule has 0 bridgehead atoms. The van der Waals surface area contributed by atoms with E-state index < -0.39 is 6.10 Å². The molecule has 3 nitrogen and oxygen atoms in total. The van der Waals surface area contributed by atoms with E-state index in [-0.39, 0.29) is 5.91 Å². The van der Waals surface area contributed by atoms with Gasteiger partial charge in [-0.3, -0.25) is 4.79 Å². The predicted octanol–water partition coefficient (Wildman–Crippen LogP) is -0.0816. The van der Waals surface area contributed by atoms with Gasteiger partial charge >= 0.3 is 0 Å². The van der Waals surface area contributed by atoms with E-state index in [1.807, 2.05) is 29.5 Å². The number of alkyl halides is 1. The molecule has 0 spiro atoms. The Morgan fingerprint density at radius 2 is 2.44 bits per heavy atom. The molecular weight excluding hydrogens is 233 g/mol. The van der Waals surface area contributed by atoms with E-state index in [1.165, 1.54) is 0 Å². The number of amides is 1. The van der Waals surface area contributed by atoms with Crippen molar-refractivity contribution in [2.45, 2.75) is 13.0 Å². The second-order valence-corrected chi connectivity index (χ2v) is 2.45. The zero-order valence-electron chi connectivity index (χ0n) is 5.22. The number of rotatable bonds is 3. The minimum absolute atomic E-state index is 0.285. The van der Waals surface area contributed by atoms with Crippen LogP contribution in [0.5, 0.6) is 0 Å². The Hall–Kier alpha value is 0.160. The highest BCUT2D eigenvalue weighted by Crippen LogP contribution is 1.89. The fourth-order valence-corrected chi connectivity index (χ4v) is 0.762. The van der Waals surface area contributed by atoms with Crippen molar-refractivity contribution in [3.63, 3.8) is 0 Å². The quantitative estimate of drug-likeness (QED) is 0.538. The Kier molecular flexibility index (Phi) is 5.07. The van der Waals surface area contributed by atoms with E-state index >= 15 is 0 Å². The molecule has 0 fully saturated rings. The molecule has 0 aromatic rings. The molecule has 1 amide bonds. The summed E-state index contributed by atoms with van der Waals surface area (Å²) in [7, 11) is 0. The number of hydrogen-bond donors (Lipinski definition) is 2. The van der Waals surface area contributed by atoms with Crippen LogP contribution in [-0.4, -0.2) is 28.1 Å². The number of hydrogen-bond acceptors (Lipinski definition) is 2. The summed E-state index contributed by atoms with van der Waals surface area (Å²) >= 11 is 1.96. The summed E-state index contributed by atoms with van der Waals surface area (Å²) in [6.45, 7) is 2.39. The van der Waals surface area contributed by atoms with Crippen LogP contribution in [0, 0.1) is 0 Å². The number of nitrogens with one attached hydrogen (secondary N) is 1. The third-order valence-corrected chi connectivity index (χ3v) is 1.63. The highest BCUT2D eigenvalue weighted by Gasteiger charge is 2.10. The highest BCUT2D eigenvalue weighted by atomic mass is 127. The van der Waals surface area contributed by atoms with Crippen LogP contribution in [0.4, 0.5) is 0 Å². The molecule has 2 N–H and O–H groups in total. The van der Waals surface area contributed by atoms with Gasteiger partial charge in [0.1, 0.15) is 6.10 Å². The molecule has 0 aliphatic rings. The third-order valence-electron chi connectivity index (χ3n) is 0.800. The Morgan fingerprint density at radius 3 is 2.78 bits per heavy atom. The summed E-state index contributed by atoms with van der Waals surface area (Å²) in [5, 5.41) is 11.3. The van der Waals surface area contributed by atoms with E-state index in [2.05, 4.69) is 5.32 Å². The van der Waals surface area contributed by atoms with Crippen LogP contribution < -0.4 is 5.32 Å². The van der Waals surface area contributed by atoms with E-state index in [1.54, 1.807) is 0 Å². The number of halogens is 1. The van der Waals surface area contributed by atoms with Crippen LogP contribution in [0.1, 0.15) is 6.92 Å². The summed E-state index contributed by atoms with van der Waals surface area (Å²) in [6.07, 6.45) is -0.842. The van der Waals surface area contributed by atoms with Gasteiger partial charge in [-0.15, -0.1) is 0 Å². The summed E-state index contributed by atoms with van der Waals surface area (Å²) in [6, 6.07) is 0. The van der Waals surface area contributed by atoms with Crippen molar-refractivity contribution < 1.29 is 9.90 Å². The molecule has 0 radical (unpaired) electrons. The molecule has 0 aromatic heterocycles. The molecule has 9 heavy (non-hydrogen) atoms. The average molecular weight is 243 g/mol. The standard InChI is InChI=1S/C5H10INO2/c1-2-7-5(9)4(8)3-6/h4,8H,2-3H2,1H3,(H,7,9). The zero-order valence-corrected chi connectivity index (χ0v) is 7.38. The third kappa shape index (κ3) is 3.69. The lowest BCUT2D eigenvalue weighted by Gasteiger charge is -2.04. The number of carbonyl (C=O) groups is 1. The fraction of sp³-hybridized carbons (Fsp3) is 0.800. The first kappa shape index (κ1) is 9.16. The van der Waals surface area contributed by atoms with Gasteiger partial charge in [-0.05, 0) is 6.92 Å². The van der Waals surface area contributed by atoms with Crippen molar-refractivity contribution in [1.29, 1.82) is 0 Å². The van der Waals surface area contributed by atoms with Crippen molar-refractivity contribution >= 4 is 28.5 Å². The lowest BCUT2D eigenvalue weighted by atomic mass is 10.4. The first-order valence-corrected chi connectivity index (χ1v) is 4.26. The minimum Gasteiger partial charge on any atom is -0.382 e. The smallest absolute Gasteiger partial charge is 0.249 e. The number of aliphatic hydroxyl groups excluding tert-OH is 1. The van der Waals surface area contributed by atoms with Crippen LogP contribution in [0.3, 0.4) is 0 Å². The van der Waals surface area contributed by atoms with Gasteiger partial charge in [0.2, 0.25) is 5.91 Å². The van der Waals surface area contributed by atoms with Crippen LogP contribution in [0.15, 0.2) is 0 Å². The maximum absolute atomic E-state index is 10.6. The molecule has 0 rings (SSSR count). The Bertz CT molecular complexity index is 97.0. The van der Waals surface area contributed by atoms with Gasteiger partial charge in [0, 0.05) is 11.0 Å². The van der Waals surface area contributed by atoms with Gasteiger partial charge in [0.15, 0.2) is 0 Å². The van der Waals surface area contributed by atoms with Crippen molar-refractivity contribution in [1.82, 2.24) is 5.32 Å². The summed E-state index contributed by atoms with van der Waals surface area (Å²) in [5.74, 6) is -0.285. The molecule has 0 saturated carbocycles. The maximum Gasteiger partial charge on any atom is 0.249 e. The first-order chi connectivity index (χ1) is 4.22. The summed E-state index contributed by atoms with van der Waals surface area (Å²) in [5.41, 5.74) is 0. The van der Waals surface area contributed by atoms with Crippen molar-refractivity contribution in [3.8, 4) is 0 Å². The van der Waals surface area contributed by atoms with Crippen LogP contribution >= 0.6 is 22.6 Å². The van der Waals surface area contributed by atoms with Crippen LogP contribution in [-0.2, 0) is 4.79 Å². The topological polar surface area (TPSA) is 49.3 Å². The fourth-order valence-electron chi connectivity index (χ4n) is 0.362. The number of aliphatic hydroxyl groups is 1. The summed E-state index contributed by atoms with van der Waals surface area (Å²) < 4.78 is 0.448. The van der Waals surface area contributed by atoms with Crippen molar-refractivity contribution in [2.24, 2.45) is 0 Å². The molecule has 0 aliphatic heterocycles. The molecule has 1 atom stereocenters. The molecule has 54 valence electrons. The van der Waals surface area contributed by atoms with Crippen LogP contribution in [0.2, 0.25) is 0 Å². The second-order valence-electron chi connectivity index (χ2n) is 1.56. The van der Waals surface area contributed by atoms with Crippen molar-refractivity contribution in [2.75, 3.05) is 11.0 Å². The van der Waals surface area contributed by atoms with Gasteiger partial charge in [0.05, 0.1) is 0 Å². The Morgan fingerprint density at radius 1 is 1.89 bits per heavy atom. The average Bonchev–Trinajstić information content (AvgIpc) is 1.87. The van der Waals surface area contributed by atoms with E-state index in [0.29, 0.717) is 11.0 Å². The SMILES string of the molecule is CCNC(=O)C(O)CI. The van der Waals surface area contributed by atoms with E-state index in [4.69, 9.17) is 5.11 Å².